The fourth-order valence-corrected chi connectivity index (χ4v) is 3.38. The highest BCUT2D eigenvalue weighted by Gasteiger charge is 2.24. The molecular weight excluding hydrogens is 357 g/mol. The van der Waals surface area contributed by atoms with E-state index < -0.39 is 0 Å². The Morgan fingerprint density at radius 1 is 0.964 bits per heavy atom. The first-order valence-corrected chi connectivity index (χ1v) is 9.49. The molecule has 0 atom stereocenters. The Kier molecular flexibility index (Phi) is 5.97. The van der Waals surface area contributed by atoms with Gasteiger partial charge in [0.15, 0.2) is 0 Å². The molecule has 0 radical (unpaired) electrons. The summed E-state index contributed by atoms with van der Waals surface area (Å²) in [6.07, 6.45) is 0. The van der Waals surface area contributed by atoms with Gasteiger partial charge in [-0.2, -0.15) is 0 Å². The van der Waals surface area contributed by atoms with E-state index in [1.807, 2.05) is 32.0 Å². The van der Waals surface area contributed by atoms with Gasteiger partial charge in [0.2, 0.25) is 11.8 Å². The molecule has 6 heteroatoms. The number of halogens is 1. The van der Waals surface area contributed by atoms with Crippen molar-refractivity contribution in [1.82, 2.24) is 4.90 Å². The third-order valence-electron chi connectivity index (χ3n) is 5.30. The van der Waals surface area contributed by atoms with E-state index in [1.54, 1.807) is 17.0 Å². The number of rotatable bonds is 4. The lowest BCUT2D eigenvalue weighted by Crippen LogP contribution is -2.51. The summed E-state index contributed by atoms with van der Waals surface area (Å²) in [6.45, 7) is 8.05. The Bertz CT molecular complexity index is 859. The summed E-state index contributed by atoms with van der Waals surface area (Å²) in [5.74, 6) is -0.470. The summed E-state index contributed by atoms with van der Waals surface area (Å²) < 4.78 is 13.1. The maximum Gasteiger partial charge on any atom is 0.242 e. The van der Waals surface area contributed by atoms with E-state index >= 15 is 0 Å². The normalized spacial score (nSPS) is 14.1. The summed E-state index contributed by atoms with van der Waals surface area (Å²) in [4.78, 5) is 30.4. The molecule has 0 aliphatic carbocycles. The lowest BCUT2D eigenvalue weighted by atomic mass is 10.1. The zero-order chi connectivity index (χ0) is 20.3. The van der Waals surface area contributed by atoms with Crippen LogP contribution >= 0.6 is 0 Å². The number of hydrogen-bond donors (Lipinski definition) is 0. The van der Waals surface area contributed by atoms with Crippen LogP contribution in [0.1, 0.15) is 18.1 Å². The Balaban J connectivity index is 1.62. The quantitative estimate of drug-likeness (QED) is 0.815. The minimum absolute atomic E-state index is 0.0361. The van der Waals surface area contributed by atoms with E-state index in [4.69, 9.17) is 0 Å². The van der Waals surface area contributed by atoms with Gasteiger partial charge < -0.3 is 14.7 Å². The van der Waals surface area contributed by atoms with Crippen molar-refractivity contribution >= 4 is 23.2 Å². The molecule has 28 heavy (non-hydrogen) atoms. The van der Waals surface area contributed by atoms with Crippen molar-refractivity contribution in [3.8, 4) is 0 Å². The molecule has 0 aromatic heterocycles. The fraction of sp³-hybridized carbons (Fsp3) is 0.364. The third-order valence-corrected chi connectivity index (χ3v) is 5.30. The molecule has 2 aromatic rings. The van der Waals surface area contributed by atoms with Gasteiger partial charge in [0.05, 0.1) is 0 Å². The fourth-order valence-electron chi connectivity index (χ4n) is 3.38. The van der Waals surface area contributed by atoms with E-state index in [0.717, 1.165) is 22.5 Å². The standard InChI is InChI=1S/C22H26FN3O2/c1-16-4-7-21(14-17(16)2)26(18(3)27)15-22(28)25-12-10-24(11-13-25)20-8-5-19(23)6-9-20/h4-9,14H,10-13,15H2,1-3H3. The highest BCUT2D eigenvalue weighted by molar-refractivity contribution is 5.97. The van der Waals surface area contributed by atoms with Crippen molar-refractivity contribution in [2.75, 3.05) is 42.5 Å². The van der Waals surface area contributed by atoms with Crippen molar-refractivity contribution in [1.29, 1.82) is 0 Å². The van der Waals surface area contributed by atoms with Crippen LogP contribution in [0, 0.1) is 19.7 Å². The zero-order valence-corrected chi connectivity index (χ0v) is 16.6. The lowest BCUT2D eigenvalue weighted by molar-refractivity contribution is -0.131. The highest BCUT2D eigenvalue weighted by Crippen LogP contribution is 2.20. The van der Waals surface area contributed by atoms with Gasteiger partial charge in [0.1, 0.15) is 12.4 Å². The highest BCUT2D eigenvalue weighted by atomic mass is 19.1. The number of anilines is 2. The molecule has 0 N–H and O–H groups in total. The van der Waals surface area contributed by atoms with Gasteiger partial charge in [-0.1, -0.05) is 6.07 Å². The van der Waals surface area contributed by atoms with Crippen LogP contribution in [0.5, 0.6) is 0 Å². The molecule has 0 bridgehead atoms. The molecule has 0 spiro atoms. The van der Waals surface area contributed by atoms with Crippen molar-refractivity contribution in [3.63, 3.8) is 0 Å². The lowest BCUT2D eigenvalue weighted by Gasteiger charge is -2.37. The number of aryl methyl sites for hydroxylation is 2. The molecule has 1 aliphatic heterocycles. The molecule has 0 unspecified atom stereocenters. The zero-order valence-electron chi connectivity index (χ0n) is 16.6. The average Bonchev–Trinajstić information content (AvgIpc) is 2.68. The minimum atomic E-state index is -0.256. The smallest absolute Gasteiger partial charge is 0.242 e. The molecule has 0 saturated carbocycles. The van der Waals surface area contributed by atoms with Gasteiger partial charge in [0.25, 0.3) is 0 Å². The van der Waals surface area contributed by atoms with E-state index in [0.29, 0.717) is 26.2 Å². The van der Waals surface area contributed by atoms with Gasteiger partial charge in [-0.15, -0.1) is 0 Å². The Morgan fingerprint density at radius 2 is 1.61 bits per heavy atom. The van der Waals surface area contributed by atoms with Gasteiger partial charge >= 0.3 is 0 Å². The van der Waals surface area contributed by atoms with E-state index in [-0.39, 0.29) is 24.2 Å². The predicted octanol–water partition coefficient (Wildman–Crippen LogP) is 3.14. The maximum absolute atomic E-state index is 13.1. The first-order chi connectivity index (χ1) is 13.3. The molecule has 2 aromatic carbocycles. The summed E-state index contributed by atoms with van der Waals surface area (Å²) in [6, 6.07) is 12.2. The molecule has 3 rings (SSSR count). The van der Waals surface area contributed by atoms with Crippen LogP contribution in [0.25, 0.3) is 0 Å². The molecule has 148 valence electrons. The van der Waals surface area contributed by atoms with E-state index in [9.17, 15) is 14.0 Å². The number of amides is 2. The average molecular weight is 383 g/mol. The largest absolute Gasteiger partial charge is 0.368 e. The number of benzene rings is 2. The van der Waals surface area contributed by atoms with Crippen LogP contribution < -0.4 is 9.80 Å². The van der Waals surface area contributed by atoms with Gasteiger partial charge in [0, 0.05) is 44.5 Å². The van der Waals surface area contributed by atoms with Crippen molar-refractivity contribution in [3.05, 3.63) is 59.4 Å². The van der Waals surface area contributed by atoms with Crippen molar-refractivity contribution in [2.24, 2.45) is 0 Å². The Labute approximate surface area is 165 Å². The summed E-state index contributed by atoms with van der Waals surface area (Å²) in [7, 11) is 0. The van der Waals surface area contributed by atoms with Crippen LogP contribution in [0.15, 0.2) is 42.5 Å². The third kappa shape index (κ3) is 4.50. The molecular formula is C22H26FN3O2. The number of nitrogens with zero attached hydrogens (tertiary/aromatic N) is 3. The summed E-state index contributed by atoms with van der Waals surface area (Å²) in [5, 5.41) is 0. The minimum Gasteiger partial charge on any atom is -0.368 e. The van der Waals surface area contributed by atoms with Crippen LogP contribution in [-0.2, 0) is 9.59 Å². The second-order valence-electron chi connectivity index (χ2n) is 7.22. The summed E-state index contributed by atoms with van der Waals surface area (Å²) >= 11 is 0. The van der Waals surface area contributed by atoms with E-state index in [2.05, 4.69) is 4.90 Å². The van der Waals surface area contributed by atoms with Crippen LogP contribution in [0.3, 0.4) is 0 Å². The van der Waals surface area contributed by atoms with Crippen LogP contribution in [0.4, 0.5) is 15.8 Å². The predicted molar refractivity (Wildman–Crippen MR) is 109 cm³/mol. The second kappa shape index (κ2) is 8.42. The SMILES string of the molecule is CC(=O)N(CC(=O)N1CCN(c2ccc(F)cc2)CC1)c1ccc(C)c(C)c1. The molecule has 2 amide bonds. The first-order valence-electron chi connectivity index (χ1n) is 9.49. The van der Waals surface area contributed by atoms with Gasteiger partial charge in [-0.05, 0) is 61.4 Å². The maximum atomic E-state index is 13.1. The van der Waals surface area contributed by atoms with E-state index in [1.165, 1.54) is 24.0 Å². The molecule has 1 saturated heterocycles. The first kappa shape index (κ1) is 19.9. The Morgan fingerprint density at radius 3 is 2.18 bits per heavy atom. The monoisotopic (exact) mass is 383 g/mol. The number of carbonyl (C=O) groups is 2. The molecule has 5 nitrogen and oxygen atoms in total. The van der Waals surface area contributed by atoms with Crippen LogP contribution in [0.2, 0.25) is 0 Å². The van der Waals surface area contributed by atoms with Gasteiger partial charge in [-0.25, -0.2) is 4.39 Å². The number of hydrogen-bond acceptors (Lipinski definition) is 3. The molecule has 1 heterocycles. The van der Waals surface area contributed by atoms with Crippen molar-refractivity contribution < 1.29 is 14.0 Å². The number of carbonyl (C=O) groups excluding carboxylic acids is 2. The van der Waals surface area contributed by atoms with Gasteiger partial charge in [-0.3, -0.25) is 9.59 Å². The topological polar surface area (TPSA) is 43.9 Å². The Hall–Kier alpha value is -2.89. The molecule has 1 aliphatic rings. The summed E-state index contributed by atoms with van der Waals surface area (Å²) in [5.41, 5.74) is 3.93. The van der Waals surface area contributed by atoms with Crippen LogP contribution in [-0.4, -0.2) is 49.4 Å². The number of piperazine rings is 1. The second-order valence-corrected chi connectivity index (χ2v) is 7.22. The molecule has 1 fully saturated rings. The van der Waals surface area contributed by atoms with Crippen molar-refractivity contribution in [2.45, 2.75) is 20.8 Å².